The number of benzene rings is 1. The predicted octanol–water partition coefficient (Wildman–Crippen LogP) is 3.22. The first-order valence-corrected chi connectivity index (χ1v) is 16.2. The van der Waals surface area contributed by atoms with Gasteiger partial charge in [0.1, 0.15) is 18.8 Å². The minimum atomic E-state index is -0.642. The van der Waals surface area contributed by atoms with E-state index in [4.69, 9.17) is 25.8 Å². The summed E-state index contributed by atoms with van der Waals surface area (Å²) in [5, 5.41) is 2.72. The van der Waals surface area contributed by atoms with E-state index < -0.39 is 11.9 Å². The van der Waals surface area contributed by atoms with Gasteiger partial charge in [0.2, 0.25) is 5.91 Å². The molecule has 1 amide bonds. The van der Waals surface area contributed by atoms with Gasteiger partial charge in [0, 0.05) is 54.1 Å². The lowest BCUT2D eigenvalue weighted by Crippen LogP contribution is -2.29. The van der Waals surface area contributed by atoms with E-state index in [-0.39, 0.29) is 60.0 Å². The Hall–Kier alpha value is -3.74. The van der Waals surface area contributed by atoms with Crippen LogP contribution < -0.4 is 15.9 Å². The Morgan fingerprint density at radius 3 is 2.71 bits per heavy atom. The van der Waals surface area contributed by atoms with Gasteiger partial charge in [0.15, 0.2) is 0 Å². The third-order valence-electron chi connectivity index (χ3n) is 8.39. The zero-order valence-corrected chi connectivity index (χ0v) is 26.6. The number of carbonyl (C=O) groups is 3. The Morgan fingerprint density at radius 1 is 1.20 bits per heavy atom. The normalized spacial score (nSPS) is 25.6. The van der Waals surface area contributed by atoms with Crippen LogP contribution in [0, 0.1) is 5.92 Å². The number of alkyl halides is 1. The summed E-state index contributed by atoms with van der Waals surface area (Å²) in [6.45, 7) is 6.80. The van der Waals surface area contributed by atoms with E-state index in [2.05, 4.69) is 18.0 Å². The molecule has 13 heteroatoms. The summed E-state index contributed by atoms with van der Waals surface area (Å²) in [4.78, 5) is 61.2. The van der Waals surface area contributed by atoms with Gasteiger partial charge < -0.3 is 19.5 Å². The van der Waals surface area contributed by atoms with Crippen molar-refractivity contribution in [3.8, 4) is 0 Å². The van der Waals surface area contributed by atoms with Crippen LogP contribution in [0.4, 0.5) is 0 Å². The van der Waals surface area contributed by atoms with E-state index in [1.807, 2.05) is 6.92 Å². The number of nitrogens with one attached hydrogen (secondary N) is 1. The maximum Gasteiger partial charge on any atom is 0.341 e. The molecule has 4 atom stereocenters. The number of carbonyl (C=O) groups excluding carboxylic acids is 3. The largest absolute Gasteiger partial charge is 0.458 e. The number of allylic oxidation sites excluding steroid dienone is 1. The molecule has 2 fully saturated rings. The second kappa shape index (κ2) is 14.1. The number of hydrogen-bond acceptors (Lipinski definition) is 9. The van der Waals surface area contributed by atoms with Crippen molar-refractivity contribution in [1.29, 1.82) is 0 Å². The molecular weight excluding hydrogens is 622 g/mol. The average Bonchev–Trinajstić information content (AvgIpc) is 3.52. The molecule has 2 saturated heterocycles. The third kappa shape index (κ3) is 7.92. The van der Waals surface area contributed by atoms with E-state index >= 15 is 0 Å². The van der Waals surface area contributed by atoms with E-state index in [1.54, 1.807) is 24.3 Å². The summed E-state index contributed by atoms with van der Waals surface area (Å²) in [6, 6.07) is 7.17. The van der Waals surface area contributed by atoms with E-state index in [0.29, 0.717) is 37.3 Å². The van der Waals surface area contributed by atoms with Gasteiger partial charge in [-0.25, -0.2) is 22.9 Å². The number of aromatic nitrogens is 2. The Kier molecular flexibility index (Phi) is 10.3. The van der Waals surface area contributed by atoms with Crippen molar-refractivity contribution in [2.45, 2.75) is 76.5 Å². The Bertz CT molecular complexity index is 1640. The van der Waals surface area contributed by atoms with Crippen molar-refractivity contribution in [2.24, 2.45) is 5.92 Å². The number of esters is 2. The third-order valence-corrected chi connectivity index (χ3v) is 9.59. The minimum absolute atomic E-state index is 0.0789. The van der Waals surface area contributed by atoms with Crippen LogP contribution in [-0.4, -0.2) is 56.7 Å². The summed E-state index contributed by atoms with van der Waals surface area (Å²) >= 11 is 6.57. The first-order valence-electron chi connectivity index (χ1n) is 14.9. The summed E-state index contributed by atoms with van der Waals surface area (Å²) in [6.07, 6.45) is 7.17. The van der Waals surface area contributed by atoms with Crippen LogP contribution in [0.15, 0.2) is 69.8 Å². The number of fused-ring (bicyclic) bond motifs is 3. The number of rotatable bonds is 11. The Balaban J connectivity index is 1.07. The standard InChI is InChI=1S/C32H36ClN3O8S/c1-20-24-11-10-23(5-3-14-32(2)28(44-32)27(24)43-29(20)39)19-42-26(38)13-12-25(37)34-17-21-6-8-22(9-7-21)18-35-30(40)36(16-4-15-33)45-31(35)41/h5-9,12-13,24,27-28H,1,3-4,10-11,14-19H2,2H3,(H,34,37)/b13-12-,23-5+/t24-,27-,28-,32+/m0/s1. The van der Waals surface area contributed by atoms with Crippen molar-refractivity contribution < 1.29 is 28.6 Å². The van der Waals surface area contributed by atoms with Crippen LogP contribution in [0.25, 0.3) is 0 Å². The molecular formula is C32H36ClN3O8S. The molecule has 11 nitrogen and oxygen atoms in total. The van der Waals surface area contributed by atoms with E-state index in [0.717, 1.165) is 53.2 Å². The number of aryl methyl sites for hydroxylation is 1. The molecule has 1 aromatic carbocycles. The first kappa shape index (κ1) is 32.6. The molecule has 5 rings (SSSR count). The van der Waals surface area contributed by atoms with Gasteiger partial charge in [0.25, 0.3) is 0 Å². The first-order chi connectivity index (χ1) is 21.6. The summed E-state index contributed by atoms with van der Waals surface area (Å²) < 4.78 is 19.5. The second-order valence-corrected chi connectivity index (χ2v) is 13.0. The summed E-state index contributed by atoms with van der Waals surface area (Å²) in [5.41, 5.74) is 2.26. The molecule has 3 aliphatic rings. The lowest BCUT2D eigenvalue weighted by atomic mass is 9.84. The predicted molar refractivity (Wildman–Crippen MR) is 168 cm³/mol. The molecule has 1 aromatic heterocycles. The fourth-order valence-corrected chi connectivity index (χ4v) is 6.62. The van der Waals surface area contributed by atoms with Crippen LogP contribution in [-0.2, 0) is 48.2 Å². The number of ether oxygens (including phenoxy) is 3. The lowest BCUT2D eigenvalue weighted by molar-refractivity contribution is -0.140. The van der Waals surface area contributed by atoms with Gasteiger partial charge in [-0.15, -0.1) is 11.6 Å². The molecule has 240 valence electrons. The highest BCUT2D eigenvalue weighted by Gasteiger charge is 2.61. The molecule has 0 saturated carbocycles. The molecule has 0 bridgehead atoms. The fourth-order valence-electron chi connectivity index (χ4n) is 5.67. The average molecular weight is 658 g/mol. The zero-order chi connectivity index (χ0) is 32.1. The van der Waals surface area contributed by atoms with Crippen molar-refractivity contribution in [3.05, 3.63) is 91.5 Å². The second-order valence-electron chi connectivity index (χ2n) is 11.6. The number of amides is 1. The maximum absolute atomic E-state index is 12.5. The molecule has 1 aliphatic carbocycles. The lowest BCUT2D eigenvalue weighted by Gasteiger charge is -2.20. The van der Waals surface area contributed by atoms with Crippen molar-refractivity contribution in [2.75, 3.05) is 12.5 Å². The molecule has 2 aliphatic heterocycles. The van der Waals surface area contributed by atoms with E-state index in [9.17, 15) is 24.0 Å². The van der Waals surface area contributed by atoms with Crippen LogP contribution >= 0.6 is 23.1 Å². The highest BCUT2D eigenvalue weighted by atomic mass is 35.5. The van der Waals surface area contributed by atoms with Crippen molar-refractivity contribution >= 4 is 41.0 Å². The highest BCUT2D eigenvalue weighted by molar-refractivity contribution is 7.03. The van der Waals surface area contributed by atoms with Crippen molar-refractivity contribution in [3.63, 3.8) is 0 Å². The molecule has 45 heavy (non-hydrogen) atoms. The molecule has 0 unspecified atom stereocenters. The molecule has 1 N–H and O–H groups in total. The van der Waals surface area contributed by atoms with Gasteiger partial charge >= 0.3 is 22.5 Å². The highest BCUT2D eigenvalue weighted by Crippen LogP contribution is 2.49. The Labute approximate surface area is 269 Å². The van der Waals surface area contributed by atoms with Crippen LogP contribution in [0.3, 0.4) is 0 Å². The SMILES string of the molecule is C=C1C(=O)O[C@H]2[C@H]1CC/C(COC(=O)/C=C\C(=O)NCc1ccc(Cn3c(=O)sn(CCCCl)c3=O)cc1)=C\CC[C@@]1(C)O[C@@H]21. The topological polar surface area (TPSA) is 138 Å². The number of nitrogens with zero attached hydrogens (tertiary/aromatic N) is 2. The molecule has 3 heterocycles. The molecule has 0 spiro atoms. The maximum atomic E-state index is 12.5. The quantitative estimate of drug-likeness (QED) is 0.128. The van der Waals surface area contributed by atoms with E-state index in [1.165, 1.54) is 8.52 Å². The van der Waals surface area contributed by atoms with Gasteiger partial charge in [-0.1, -0.05) is 36.9 Å². The minimum Gasteiger partial charge on any atom is -0.458 e. The monoisotopic (exact) mass is 657 g/mol. The van der Waals surface area contributed by atoms with Gasteiger partial charge in [-0.05, 0) is 55.7 Å². The molecule has 0 radical (unpaired) electrons. The van der Waals surface area contributed by atoms with Crippen LogP contribution in [0.5, 0.6) is 0 Å². The zero-order valence-electron chi connectivity index (χ0n) is 25.0. The summed E-state index contributed by atoms with van der Waals surface area (Å²) in [7, 11) is 0. The smallest absolute Gasteiger partial charge is 0.341 e. The number of epoxide rings is 1. The Morgan fingerprint density at radius 2 is 1.96 bits per heavy atom. The number of hydrogen-bond donors (Lipinski definition) is 1. The van der Waals surface area contributed by atoms with Gasteiger partial charge in [-0.3, -0.25) is 9.59 Å². The van der Waals surface area contributed by atoms with Gasteiger partial charge in [-0.2, -0.15) is 0 Å². The van der Waals surface area contributed by atoms with Crippen molar-refractivity contribution in [1.82, 2.24) is 13.8 Å². The summed E-state index contributed by atoms with van der Waals surface area (Å²) in [5.74, 6) is -1.21. The number of halogens is 1. The van der Waals surface area contributed by atoms with Crippen LogP contribution in [0.2, 0.25) is 0 Å². The molecule has 2 aromatic rings. The van der Waals surface area contributed by atoms with Gasteiger partial charge in [0.05, 0.1) is 12.1 Å². The fraction of sp³-hybridized carbons (Fsp3) is 0.469. The van der Waals surface area contributed by atoms with Crippen LogP contribution in [0.1, 0.15) is 50.2 Å².